The first-order chi connectivity index (χ1) is 4.33. The van der Waals surface area contributed by atoms with Gasteiger partial charge in [0, 0.05) is 0 Å². The minimum atomic E-state index is -1.26. The fourth-order valence-electron chi connectivity index (χ4n) is 0.647. The SMILES string of the molecule is O=CC1(C=O)C=CCO1. The molecule has 0 bridgehead atoms. The van der Waals surface area contributed by atoms with Gasteiger partial charge in [0.15, 0.2) is 18.2 Å². The van der Waals surface area contributed by atoms with Crippen molar-refractivity contribution in [2.45, 2.75) is 5.60 Å². The van der Waals surface area contributed by atoms with Gasteiger partial charge in [-0.25, -0.2) is 0 Å². The number of hydrogen-bond donors (Lipinski definition) is 0. The van der Waals surface area contributed by atoms with Crippen molar-refractivity contribution in [3.63, 3.8) is 0 Å². The highest BCUT2D eigenvalue weighted by atomic mass is 16.5. The van der Waals surface area contributed by atoms with Crippen molar-refractivity contribution < 1.29 is 14.3 Å². The van der Waals surface area contributed by atoms with Gasteiger partial charge >= 0.3 is 0 Å². The van der Waals surface area contributed by atoms with Crippen molar-refractivity contribution in [1.29, 1.82) is 0 Å². The highest BCUT2D eigenvalue weighted by Crippen LogP contribution is 2.12. The molecular weight excluding hydrogens is 120 g/mol. The van der Waals surface area contributed by atoms with Crippen molar-refractivity contribution >= 4 is 12.6 Å². The van der Waals surface area contributed by atoms with E-state index in [0.29, 0.717) is 19.2 Å². The van der Waals surface area contributed by atoms with E-state index in [1.54, 1.807) is 6.08 Å². The van der Waals surface area contributed by atoms with Crippen LogP contribution >= 0.6 is 0 Å². The summed E-state index contributed by atoms with van der Waals surface area (Å²) in [4.78, 5) is 20.3. The first-order valence-corrected chi connectivity index (χ1v) is 2.57. The van der Waals surface area contributed by atoms with Crippen LogP contribution in [0.15, 0.2) is 12.2 Å². The minimum Gasteiger partial charge on any atom is -0.352 e. The average Bonchev–Trinajstić information content (AvgIpc) is 2.36. The van der Waals surface area contributed by atoms with Crippen LogP contribution in [-0.4, -0.2) is 24.8 Å². The first kappa shape index (κ1) is 6.16. The summed E-state index contributed by atoms with van der Waals surface area (Å²) in [6.07, 6.45) is 4.07. The largest absolute Gasteiger partial charge is 0.352 e. The maximum Gasteiger partial charge on any atom is 0.196 e. The molecule has 1 heterocycles. The Bertz CT molecular complexity index is 152. The fraction of sp³-hybridized carbons (Fsp3) is 0.333. The van der Waals surface area contributed by atoms with Gasteiger partial charge in [-0.15, -0.1) is 0 Å². The van der Waals surface area contributed by atoms with Crippen molar-refractivity contribution in [3.8, 4) is 0 Å². The lowest BCUT2D eigenvalue weighted by molar-refractivity contribution is -0.133. The number of rotatable bonds is 2. The molecule has 0 unspecified atom stereocenters. The molecule has 9 heavy (non-hydrogen) atoms. The normalized spacial score (nSPS) is 21.8. The Morgan fingerprint density at radius 3 is 2.33 bits per heavy atom. The molecule has 3 heteroatoms. The van der Waals surface area contributed by atoms with Crippen LogP contribution in [0.25, 0.3) is 0 Å². The number of ether oxygens (including phenoxy) is 1. The van der Waals surface area contributed by atoms with Crippen LogP contribution in [0, 0.1) is 0 Å². The Hall–Kier alpha value is -0.960. The van der Waals surface area contributed by atoms with Gasteiger partial charge in [-0.2, -0.15) is 0 Å². The van der Waals surface area contributed by atoms with E-state index in [9.17, 15) is 9.59 Å². The number of carbonyl (C=O) groups excluding carboxylic acids is 2. The smallest absolute Gasteiger partial charge is 0.196 e. The Balaban J connectivity index is 2.79. The Morgan fingerprint density at radius 2 is 2.11 bits per heavy atom. The molecule has 0 N–H and O–H groups in total. The summed E-state index contributed by atoms with van der Waals surface area (Å²) >= 11 is 0. The standard InChI is InChI=1S/C6H6O3/c7-4-6(5-8)2-1-3-9-6/h1-2,4-5H,3H2. The molecular formula is C6H6O3. The van der Waals surface area contributed by atoms with Crippen LogP contribution < -0.4 is 0 Å². The van der Waals surface area contributed by atoms with Crippen molar-refractivity contribution in [3.05, 3.63) is 12.2 Å². The van der Waals surface area contributed by atoms with Gasteiger partial charge in [-0.1, -0.05) is 6.08 Å². The van der Waals surface area contributed by atoms with E-state index >= 15 is 0 Å². The molecule has 0 amide bonds. The van der Waals surface area contributed by atoms with Crippen LogP contribution in [0.3, 0.4) is 0 Å². The van der Waals surface area contributed by atoms with Crippen LogP contribution in [0.1, 0.15) is 0 Å². The first-order valence-electron chi connectivity index (χ1n) is 2.57. The van der Waals surface area contributed by atoms with Crippen molar-refractivity contribution in [2.75, 3.05) is 6.61 Å². The van der Waals surface area contributed by atoms with Crippen LogP contribution in [0.4, 0.5) is 0 Å². The summed E-state index contributed by atoms with van der Waals surface area (Å²) in [5.74, 6) is 0. The molecule has 0 saturated heterocycles. The van der Waals surface area contributed by atoms with Gasteiger partial charge in [0.25, 0.3) is 0 Å². The van der Waals surface area contributed by atoms with Crippen LogP contribution in [0.2, 0.25) is 0 Å². The zero-order chi connectivity index (χ0) is 6.74. The quantitative estimate of drug-likeness (QED) is 0.290. The van der Waals surface area contributed by atoms with Crippen LogP contribution in [0.5, 0.6) is 0 Å². The van der Waals surface area contributed by atoms with E-state index < -0.39 is 5.60 Å². The molecule has 0 aliphatic carbocycles. The van der Waals surface area contributed by atoms with E-state index in [4.69, 9.17) is 4.74 Å². The molecule has 0 fully saturated rings. The van der Waals surface area contributed by atoms with Gasteiger partial charge in [0.2, 0.25) is 0 Å². The maximum atomic E-state index is 10.2. The molecule has 0 spiro atoms. The van der Waals surface area contributed by atoms with Crippen LogP contribution in [-0.2, 0) is 14.3 Å². The van der Waals surface area contributed by atoms with Gasteiger partial charge in [0.05, 0.1) is 6.61 Å². The second kappa shape index (κ2) is 2.11. The Kier molecular flexibility index (Phi) is 1.44. The number of hydrogen-bond acceptors (Lipinski definition) is 3. The zero-order valence-corrected chi connectivity index (χ0v) is 4.74. The second-order valence-electron chi connectivity index (χ2n) is 1.80. The van der Waals surface area contributed by atoms with Gasteiger partial charge < -0.3 is 4.74 Å². The molecule has 0 radical (unpaired) electrons. The van der Waals surface area contributed by atoms with Gasteiger partial charge in [-0.3, -0.25) is 9.59 Å². The maximum absolute atomic E-state index is 10.2. The van der Waals surface area contributed by atoms with E-state index in [2.05, 4.69) is 0 Å². The second-order valence-corrected chi connectivity index (χ2v) is 1.80. The number of carbonyl (C=O) groups is 2. The molecule has 3 nitrogen and oxygen atoms in total. The summed E-state index contributed by atoms with van der Waals surface area (Å²) in [5, 5.41) is 0. The highest BCUT2D eigenvalue weighted by molar-refractivity contribution is 5.91. The lowest BCUT2D eigenvalue weighted by Crippen LogP contribution is -2.30. The van der Waals surface area contributed by atoms with Crippen molar-refractivity contribution in [2.24, 2.45) is 0 Å². The van der Waals surface area contributed by atoms with E-state index in [-0.39, 0.29) is 0 Å². The highest BCUT2D eigenvalue weighted by Gasteiger charge is 2.29. The third-order valence-corrected chi connectivity index (χ3v) is 1.18. The molecule has 0 aromatic rings. The lowest BCUT2D eigenvalue weighted by Gasteiger charge is -2.09. The summed E-state index contributed by atoms with van der Waals surface area (Å²) in [6.45, 7) is 0.345. The molecule has 0 aromatic heterocycles. The summed E-state index contributed by atoms with van der Waals surface area (Å²) < 4.78 is 4.79. The monoisotopic (exact) mass is 126 g/mol. The topological polar surface area (TPSA) is 43.4 Å². The fourth-order valence-corrected chi connectivity index (χ4v) is 0.647. The minimum absolute atomic E-state index is 0.345. The predicted octanol–water partition coefficient (Wildman–Crippen LogP) is -0.291. The Labute approximate surface area is 52.3 Å². The zero-order valence-electron chi connectivity index (χ0n) is 4.74. The summed E-state index contributed by atoms with van der Waals surface area (Å²) in [7, 11) is 0. The lowest BCUT2D eigenvalue weighted by atomic mass is 10.1. The molecule has 1 aliphatic rings. The van der Waals surface area contributed by atoms with Gasteiger partial charge in [-0.05, 0) is 6.08 Å². The van der Waals surface area contributed by atoms with Crippen molar-refractivity contribution in [1.82, 2.24) is 0 Å². The molecule has 0 saturated carbocycles. The van der Waals surface area contributed by atoms with E-state index in [1.807, 2.05) is 0 Å². The van der Waals surface area contributed by atoms with E-state index in [1.165, 1.54) is 6.08 Å². The average molecular weight is 126 g/mol. The predicted molar refractivity (Wildman–Crippen MR) is 30.0 cm³/mol. The van der Waals surface area contributed by atoms with E-state index in [0.717, 1.165) is 0 Å². The molecule has 1 aliphatic heterocycles. The molecule has 48 valence electrons. The molecule has 0 aromatic carbocycles. The molecule has 0 atom stereocenters. The summed E-state index contributed by atoms with van der Waals surface area (Å²) in [6, 6.07) is 0. The third kappa shape index (κ3) is 0.907. The third-order valence-electron chi connectivity index (χ3n) is 1.18. The summed E-state index contributed by atoms with van der Waals surface area (Å²) in [5.41, 5.74) is -1.26. The molecule has 1 rings (SSSR count). The Morgan fingerprint density at radius 1 is 1.44 bits per heavy atom. The van der Waals surface area contributed by atoms with Gasteiger partial charge in [0.1, 0.15) is 0 Å². The number of aldehydes is 2.